The number of benzene rings is 1. The predicted molar refractivity (Wildman–Crippen MR) is 82.5 cm³/mol. The van der Waals surface area contributed by atoms with E-state index in [1.807, 2.05) is 43.7 Å². The molecule has 0 heterocycles. The molecule has 1 aromatic rings. The molecule has 1 amide bonds. The van der Waals surface area contributed by atoms with Crippen LogP contribution in [0.3, 0.4) is 0 Å². The smallest absolute Gasteiger partial charge is 2.00 e. The Bertz CT molecular complexity index is 485. The SMILES string of the molecule is CC(=O)[CH][CH][CH]C(C)N([C-]=O)Cc1ccccc1.[C-]#[O+].[C-]#[O+].[C-]#[O+].[Fe+2]. The molecule has 131 valence electrons. The number of nitrogens with zero attached hydrogens (tertiary/aromatic N) is 1. The Hall–Kier alpha value is -1.90. The first kappa shape index (κ1) is 30.9. The van der Waals surface area contributed by atoms with Crippen LogP contribution in [0.4, 0.5) is 0 Å². The maximum atomic E-state index is 10.9. The summed E-state index contributed by atoms with van der Waals surface area (Å²) in [5.41, 5.74) is 1.05. The van der Waals surface area contributed by atoms with Crippen molar-refractivity contribution in [1.29, 1.82) is 0 Å². The Kier molecular flexibility index (Phi) is 30.1. The molecule has 0 bridgehead atoms. The number of Topliss-reactive ketones (excluding diaryl/α,β-unsaturated/α-hetero) is 1. The van der Waals surface area contributed by atoms with Crippen LogP contribution in [0.5, 0.6) is 0 Å². The van der Waals surface area contributed by atoms with Crippen molar-refractivity contribution >= 4 is 12.2 Å². The minimum absolute atomic E-state index is 0. The van der Waals surface area contributed by atoms with Crippen molar-refractivity contribution in [2.45, 2.75) is 26.4 Å². The molecule has 6 nitrogen and oxygen atoms in total. The largest absolute Gasteiger partial charge is 2.00 e. The standard InChI is InChI=1S/C15H17NO2.3CO.Fe/c1-13(7-6-8-14(2)18)16(12-17)11-15-9-4-3-5-10-15;3*1-2;/h3-10,13H,11H2,1-2H3;;;;/q-1;;;;+2. The molecule has 0 aliphatic rings. The fraction of sp³-hybridized carbons (Fsp3) is 0.222. The molecule has 1 unspecified atom stereocenters. The van der Waals surface area contributed by atoms with Gasteiger partial charge in [-0.05, 0) is 32.3 Å². The first-order valence-electron chi connectivity index (χ1n) is 6.45. The van der Waals surface area contributed by atoms with E-state index >= 15 is 0 Å². The zero-order valence-corrected chi connectivity index (χ0v) is 14.8. The zero-order valence-electron chi connectivity index (χ0n) is 13.7. The van der Waals surface area contributed by atoms with Gasteiger partial charge in [0.25, 0.3) is 0 Å². The van der Waals surface area contributed by atoms with Gasteiger partial charge in [-0.1, -0.05) is 30.3 Å². The number of ketones is 1. The fourth-order valence-corrected chi connectivity index (χ4v) is 1.50. The van der Waals surface area contributed by atoms with Crippen molar-refractivity contribution in [2.24, 2.45) is 0 Å². The van der Waals surface area contributed by atoms with Crippen LogP contribution >= 0.6 is 0 Å². The Balaban J connectivity index is -0.000000284. The second-order valence-electron chi connectivity index (χ2n) is 4.11. The van der Waals surface area contributed by atoms with E-state index in [0.717, 1.165) is 5.56 Å². The van der Waals surface area contributed by atoms with Crippen LogP contribution in [0.2, 0.25) is 0 Å². The zero-order chi connectivity index (χ0) is 19.4. The van der Waals surface area contributed by atoms with E-state index < -0.39 is 0 Å². The van der Waals surface area contributed by atoms with Crippen molar-refractivity contribution in [3.05, 3.63) is 75.1 Å². The minimum atomic E-state index is -0.0988. The van der Waals surface area contributed by atoms with Crippen molar-refractivity contribution in [3.8, 4) is 0 Å². The summed E-state index contributed by atoms with van der Waals surface area (Å²) in [5, 5.41) is 0. The van der Waals surface area contributed by atoms with Gasteiger partial charge in [0.15, 0.2) is 0 Å². The Morgan fingerprint density at radius 3 is 2.04 bits per heavy atom. The maximum Gasteiger partial charge on any atom is 2.00 e. The van der Waals surface area contributed by atoms with E-state index in [1.54, 1.807) is 17.7 Å². The molecular formula is C18H17FeNO5+. The quantitative estimate of drug-likeness (QED) is 0.297. The normalized spacial score (nSPS) is 8.80. The third kappa shape index (κ3) is 18.3. The molecule has 1 atom stereocenters. The summed E-state index contributed by atoms with van der Waals surface area (Å²) in [6.45, 7) is 17.4. The molecule has 25 heavy (non-hydrogen) atoms. The molecule has 0 spiro atoms. The molecule has 0 aliphatic heterocycles. The van der Waals surface area contributed by atoms with E-state index in [1.165, 1.54) is 13.3 Å². The molecule has 0 aliphatic carbocycles. The van der Waals surface area contributed by atoms with E-state index in [9.17, 15) is 9.59 Å². The maximum absolute atomic E-state index is 10.9. The minimum Gasteiger partial charge on any atom is 2.00 e. The fourth-order valence-electron chi connectivity index (χ4n) is 1.50. The molecule has 7 heteroatoms. The van der Waals surface area contributed by atoms with E-state index in [4.69, 9.17) is 14.0 Å². The number of carbonyl (C=O) groups is 1. The summed E-state index contributed by atoms with van der Waals surface area (Å²) in [4.78, 5) is 23.3. The van der Waals surface area contributed by atoms with Crippen LogP contribution in [0.25, 0.3) is 0 Å². The molecule has 0 fully saturated rings. The molecular weight excluding hydrogens is 366 g/mol. The summed E-state index contributed by atoms with van der Waals surface area (Å²) in [6.07, 6.45) is 6.87. The summed E-state index contributed by atoms with van der Waals surface area (Å²) in [6, 6.07) is 9.62. The Morgan fingerprint density at radius 1 is 1.16 bits per heavy atom. The molecule has 0 N–H and O–H groups in total. The van der Waals surface area contributed by atoms with Crippen molar-refractivity contribution in [3.63, 3.8) is 0 Å². The van der Waals surface area contributed by atoms with Crippen molar-refractivity contribution in [2.75, 3.05) is 0 Å². The average molecular weight is 383 g/mol. The van der Waals surface area contributed by atoms with E-state index in [2.05, 4.69) is 20.0 Å². The van der Waals surface area contributed by atoms with Crippen LogP contribution in [0, 0.1) is 39.2 Å². The second-order valence-corrected chi connectivity index (χ2v) is 4.11. The number of rotatable bonds is 8. The van der Waals surface area contributed by atoms with Gasteiger partial charge in [0, 0.05) is 19.0 Å². The van der Waals surface area contributed by atoms with Crippen LogP contribution in [0.15, 0.2) is 30.3 Å². The van der Waals surface area contributed by atoms with Gasteiger partial charge in [-0.3, -0.25) is 4.79 Å². The third-order valence-corrected chi connectivity index (χ3v) is 2.53. The Labute approximate surface area is 159 Å². The Morgan fingerprint density at radius 2 is 1.64 bits per heavy atom. The first-order chi connectivity index (χ1) is 11.6. The number of amides is 1. The monoisotopic (exact) mass is 383 g/mol. The second kappa shape index (κ2) is 24.4. The molecule has 0 aromatic heterocycles. The molecule has 1 aromatic carbocycles. The molecule has 3 radical (unpaired) electrons. The van der Waals surface area contributed by atoms with Gasteiger partial charge in [0.1, 0.15) is 5.78 Å². The van der Waals surface area contributed by atoms with Gasteiger partial charge in [-0.2, -0.15) is 6.41 Å². The van der Waals surface area contributed by atoms with Gasteiger partial charge in [-0.25, -0.2) is 0 Å². The van der Waals surface area contributed by atoms with Gasteiger partial charge in [0.05, 0.1) is 0 Å². The first-order valence-corrected chi connectivity index (χ1v) is 6.45. The molecule has 0 saturated heterocycles. The number of hydrogen-bond donors (Lipinski definition) is 0. The van der Waals surface area contributed by atoms with Crippen molar-refractivity contribution in [1.82, 2.24) is 4.90 Å². The topological polar surface area (TPSA) is 97.1 Å². The van der Waals surface area contributed by atoms with Crippen molar-refractivity contribution < 1.29 is 40.6 Å². The summed E-state index contributed by atoms with van der Waals surface area (Å²) >= 11 is 0. The van der Waals surface area contributed by atoms with Crippen LogP contribution < -0.4 is 0 Å². The van der Waals surface area contributed by atoms with Crippen LogP contribution in [0.1, 0.15) is 19.4 Å². The van der Waals surface area contributed by atoms with Gasteiger partial charge < -0.3 is 9.69 Å². The molecule has 0 saturated carbocycles. The van der Waals surface area contributed by atoms with E-state index in [0.29, 0.717) is 6.54 Å². The van der Waals surface area contributed by atoms with Gasteiger partial charge in [-0.15, -0.1) is 0 Å². The number of hydrogen-bond acceptors (Lipinski definition) is 2. The summed E-state index contributed by atoms with van der Waals surface area (Å²) < 4.78 is 22.5. The average Bonchev–Trinajstić information content (AvgIpc) is 2.65. The van der Waals surface area contributed by atoms with Crippen LogP contribution in [-0.4, -0.2) is 23.1 Å². The summed E-state index contributed by atoms with van der Waals surface area (Å²) in [7, 11) is 0. The van der Waals surface area contributed by atoms with Crippen LogP contribution in [-0.2, 0) is 47.2 Å². The molecule has 1 rings (SSSR count). The third-order valence-electron chi connectivity index (χ3n) is 2.53. The predicted octanol–water partition coefficient (Wildman–Crippen LogP) is 2.03. The summed E-state index contributed by atoms with van der Waals surface area (Å²) in [5.74, 6) is -0.0110. The van der Waals surface area contributed by atoms with Gasteiger partial charge in [0.2, 0.25) is 0 Å². The van der Waals surface area contributed by atoms with Gasteiger partial charge >= 0.3 is 51.0 Å². The van der Waals surface area contributed by atoms with E-state index in [-0.39, 0.29) is 28.9 Å². The number of carbonyl (C=O) groups excluding carboxylic acids is 2.